The van der Waals surface area contributed by atoms with Crippen LogP contribution in [-0.4, -0.2) is 37.7 Å². The standard InChI is InChI=1S/C13H22O6/c1-5-17-11(14)9(4)8-10(12(15)18-6-2)13(16)19-7-3/h9-10H,5-8H2,1-4H3. The van der Waals surface area contributed by atoms with Gasteiger partial charge in [0.1, 0.15) is 0 Å². The maximum absolute atomic E-state index is 11.7. The Morgan fingerprint density at radius 2 is 1.16 bits per heavy atom. The lowest BCUT2D eigenvalue weighted by molar-refractivity contribution is -0.163. The van der Waals surface area contributed by atoms with Crippen molar-refractivity contribution in [1.29, 1.82) is 0 Å². The van der Waals surface area contributed by atoms with Crippen LogP contribution in [0.2, 0.25) is 0 Å². The zero-order valence-corrected chi connectivity index (χ0v) is 11.9. The molecule has 0 N–H and O–H groups in total. The molecule has 19 heavy (non-hydrogen) atoms. The number of esters is 3. The molecule has 0 saturated carbocycles. The second-order valence-electron chi connectivity index (χ2n) is 3.95. The van der Waals surface area contributed by atoms with Crippen molar-refractivity contribution in [3.63, 3.8) is 0 Å². The van der Waals surface area contributed by atoms with Gasteiger partial charge in [0.15, 0.2) is 5.92 Å². The summed E-state index contributed by atoms with van der Waals surface area (Å²) in [6.07, 6.45) is 0.0243. The van der Waals surface area contributed by atoms with Crippen LogP contribution in [0.15, 0.2) is 0 Å². The van der Waals surface area contributed by atoms with E-state index in [1.165, 1.54) is 0 Å². The third kappa shape index (κ3) is 6.22. The summed E-state index contributed by atoms with van der Waals surface area (Å²) in [5.41, 5.74) is 0. The predicted octanol–water partition coefficient (Wildman–Crippen LogP) is 1.32. The van der Waals surface area contributed by atoms with Gasteiger partial charge in [-0.3, -0.25) is 14.4 Å². The highest BCUT2D eigenvalue weighted by atomic mass is 16.6. The quantitative estimate of drug-likeness (QED) is 0.377. The van der Waals surface area contributed by atoms with Crippen LogP contribution in [-0.2, 0) is 28.6 Å². The van der Waals surface area contributed by atoms with Crippen molar-refractivity contribution in [3.8, 4) is 0 Å². The van der Waals surface area contributed by atoms with E-state index in [-0.39, 0.29) is 26.2 Å². The molecule has 0 aromatic rings. The Morgan fingerprint density at radius 1 is 0.789 bits per heavy atom. The lowest BCUT2D eigenvalue weighted by atomic mass is 9.96. The number of carbonyl (C=O) groups excluding carboxylic acids is 3. The third-order valence-electron chi connectivity index (χ3n) is 2.42. The highest BCUT2D eigenvalue weighted by molar-refractivity contribution is 5.95. The lowest BCUT2D eigenvalue weighted by Crippen LogP contribution is -2.31. The Hall–Kier alpha value is -1.59. The second-order valence-corrected chi connectivity index (χ2v) is 3.95. The van der Waals surface area contributed by atoms with Crippen LogP contribution in [0.3, 0.4) is 0 Å². The molecule has 0 aliphatic rings. The van der Waals surface area contributed by atoms with E-state index >= 15 is 0 Å². The fourth-order valence-corrected chi connectivity index (χ4v) is 1.51. The molecule has 0 spiro atoms. The predicted molar refractivity (Wildman–Crippen MR) is 67.2 cm³/mol. The summed E-state index contributed by atoms with van der Waals surface area (Å²) in [4.78, 5) is 34.9. The summed E-state index contributed by atoms with van der Waals surface area (Å²) in [6, 6.07) is 0. The molecule has 0 amide bonds. The zero-order valence-electron chi connectivity index (χ0n) is 11.9. The Kier molecular flexibility index (Phi) is 8.57. The average Bonchev–Trinajstić information content (AvgIpc) is 2.36. The van der Waals surface area contributed by atoms with Gasteiger partial charge in [0.2, 0.25) is 0 Å². The molecule has 1 atom stereocenters. The molecular weight excluding hydrogens is 252 g/mol. The van der Waals surface area contributed by atoms with Crippen molar-refractivity contribution in [3.05, 3.63) is 0 Å². The van der Waals surface area contributed by atoms with E-state index in [9.17, 15) is 14.4 Å². The van der Waals surface area contributed by atoms with Crippen LogP contribution in [0, 0.1) is 11.8 Å². The molecule has 0 radical (unpaired) electrons. The van der Waals surface area contributed by atoms with E-state index in [1.54, 1.807) is 27.7 Å². The topological polar surface area (TPSA) is 78.9 Å². The van der Waals surface area contributed by atoms with E-state index < -0.39 is 29.7 Å². The minimum absolute atomic E-state index is 0.0243. The van der Waals surface area contributed by atoms with Crippen LogP contribution in [0.25, 0.3) is 0 Å². The van der Waals surface area contributed by atoms with Gasteiger partial charge in [-0.2, -0.15) is 0 Å². The van der Waals surface area contributed by atoms with Gasteiger partial charge in [-0.15, -0.1) is 0 Å². The number of rotatable bonds is 8. The van der Waals surface area contributed by atoms with Gasteiger partial charge < -0.3 is 14.2 Å². The minimum Gasteiger partial charge on any atom is -0.466 e. The summed E-state index contributed by atoms with van der Waals surface area (Å²) in [7, 11) is 0. The van der Waals surface area contributed by atoms with Crippen LogP contribution in [0.5, 0.6) is 0 Å². The SMILES string of the molecule is CCOC(=O)C(C)CC(C(=O)OCC)C(=O)OCC. The van der Waals surface area contributed by atoms with Crippen molar-refractivity contribution in [1.82, 2.24) is 0 Å². The summed E-state index contributed by atoms with van der Waals surface area (Å²) < 4.78 is 14.5. The van der Waals surface area contributed by atoms with Crippen LogP contribution >= 0.6 is 0 Å². The van der Waals surface area contributed by atoms with Crippen molar-refractivity contribution >= 4 is 17.9 Å². The molecule has 6 nitrogen and oxygen atoms in total. The summed E-state index contributed by atoms with van der Waals surface area (Å²) in [6.45, 7) is 7.18. The first-order valence-electron chi connectivity index (χ1n) is 6.47. The van der Waals surface area contributed by atoms with Crippen molar-refractivity contribution in [2.24, 2.45) is 11.8 Å². The first-order chi connectivity index (χ1) is 8.97. The first kappa shape index (κ1) is 17.4. The van der Waals surface area contributed by atoms with Gasteiger partial charge in [-0.05, 0) is 27.2 Å². The van der Waals surface area contributed by atoms with Gasteiger partial charge in [0, 0.05) is 0 Å². The number of ether oxygens (including phenoxy) is 3. The van der Waals surface area contributed by atoms with Gasteiger partial charge >= 0.3 is 17.9 Å². The van der Waals surface area contributed by atoms with E-state index in [2.05, 4.69) is 0 Å². The third-order valence-corrected chi connectivity index (χ3v) is 2.42. The van der Waals surface area contributed by atoms with Crippen molar-refractivity contribution in [2.75, 3.05) is 19.8 Å². The van der Waals surface area contributed by atoms with E-state index in [0.29, 0.717) is 0 Å². The lowest BCUT2D eigenvalue weighted by Gasteiger charge is -2.17. The zero-order chi connectivity index (χ0) is 14.8. The smallest absolute Gasteiger partial charge is 0.320 e. The molecule has 0 aliphatic carbocycles. The van der Waals surface area contributed by atoms with E-state index in [0.717, 1.165) is 0 Å². The Morgan fingerprint density at radius 3 is 1.53 bits per heavy atom. The van der Waals surface area contributed by atoms with Crippen molar-refractivity contribution < 1.29 is 28.6 Å². The van der Waals surface area contributed by atoms with Crippen LogP contribution in [0.1, 0.15) is 34.1 Å². The molecule has 6 heteroatoms. The van der Waals surface area contributed by atoms with Gasteiger partial charge in [0.05, 0.1) is 25.7 Å². The average molecular weight is 274 g/mol. The largest absolute Gasteiger partial charge is 0.466 e. The molecule has 110 valence electrons. The molecule has 0 heterocycles. The Bertz CT molecular complexity index is 294. The maximum Gasteiger partial charge on any atom is 0.320 e. The van der Waals surface area contributed by atoms with Crippen LogP contribution in [0.4, 0.5) is 0 Å². The minimum atomic E-state index is -1.08. The Balaban J connectivity index is 4.70. The number of carbonyl (C=O) groups is 3. The Labute approximate surface area is 113 Å². The summed E-state index contributed by atoms with van der Waals surface area (Å²) >= 11 is 0. The van der Waals surface area contributed by atoms with E-state index in [1.807, 2.05) is 0 Å². The van der Waals surface area contributed by atoms with Gasteiger partial charge in [-0.1, -0.05) is 6.92 Å². The molecule has 0 aromatic heterocycles. The molecule has 1 unspecified atom stereocenters. The number of hydrogen-bond donors (Lipinski definition) is 0. The monoisotopic (exact) mass is 274 g/mol. The molecule has 0 fully saturated rings. The number of hydrogen-bond acceptors (Lipinski definition) is 6. The van der Waals surface area contributed by atoms with Gasteiger partial charge in [0.25, 0.3) is 0 Å². The molecule has 0 aliphatic heterocycles. The fraction of sp³-hybridized carbons (Fsp3) is 0.769. The first-order valence-corrected chi connectivity index (χ1v) is 6.47. The summed E-state index contributed by atoms with van der Waals surface area (Å²) in [5.74, 6) is -3.44. The molecule has 0 saturated heterocycles. The van der Waals surface area contributed by atoms with E-state index in [4.69, 9.17) is 14.2 Å². The summed E-state index contributed by atoms with van der Waals surface area (Å²) in [5, 5.41) is 0. The molecule has 0 rings (SSSR count). The highest BCUT2D eigenvalue weighted by Crippen LogP contribution is 2.17. The second kappa shape index (κ2) is 9.35. The van der Waals surface area contributed by atoms with Crippen LogP contribution < -0.4 is 0 Å². The normalized spacial score (nSPS) is 11.8. The van der Waals surface area contributed by atoms with Gasteiger partial charge in [-0.25, -0.2) is 0 Å². The molecule has 0 aromatic carbocycles. The highest BCUT2D eigenvalue weighted by Gasteiger charge is 2.33. The fourth-order valence-electron chi connectivity index (χ4n) is 1.51. The molecular formula is C13H22O6. The van der Waals surface area contributed by atoms with Crippen molar-refractivity contribution in [2.45, 2.75) is 34.1 Å². The molecule has 0 bridgehead atoms. The maximum atomic E-state index is 11.7.